The van der Waals surface area contributed by atoms with Crippen molar-refractivity contribution in [1.29, 1.82) is 0 Å². The fourth-order valence-electron chi connectivity index (χ4n) is 3.99. The van der Waals surface area contributed by atoms with Gasteiger partial charge in [0.25, 0.3) is 23.6 Å². The lowest BCUT2D eigenvalue weighted by Gasteiger charge is -2.33. The van der Waals surface area contributed by atoms with Gasteiger partial charge < -0.3 is 4.74 Å². The van der Waals surface area contributed by atoms with Crippen LogP contribution < -0.4 is 10.1 Å². The first-order valence-electron chi connectivity index (χ1n) is 10.8. The first kappa shape index (κ1) is 23.3. The van der Waals surface area contributed by atoms with E-state index in [0.29, 0.717) is 34.4 Å². The van der Waals surface area contributed by atoms with Crippen LogP contribution in [0, 0.1) is 0 Å². The molecule has 2 heterocycles. The molecule has 0 unspecified atom stereocenters. The lowest BCUT2D eigenvalue weighted by molar-refractivity contribution is -0.130. The Kier molecular flexibility index (Phi) is 6.30. The summed E-state index contributed by atoms with van der Waals surface area (Å²) in [5.74, 6) is -1.34. The summed E-state index contributed by atoms with van der Waals surface area (Å²) in [5.41, 5.74) is 1.77. The van der Waals surface area contributed by atoms with Gasteiger partial charge in [-0.1, -0.05) is 25.1 Å². The Balaban J connectivity index is 1.67. The molecule has 4 rings (SSSR count). The zero-order valence-corrected chi connectivity index (χ0v) is 19.8. The number of carbonyl (C=O) groups is 4. The summed E-state index contributed by atoms with van der Waals surface area (Å²) in [5, 5.41) is 2.66. The number of nitrogens with zero attached hydrogens (tertiary/aromatic N) is 2. The second-order valence-corrected chi connectivity index (χ2v) is 8.45. The van der Waals surface area contributed by atoms with E-state index in [1.54, 1.807) is 42.5 Å². The van der Waals surface area contributed by atoms with Crippen LogP contribution in [0.15, 0.2) is 48.0 Å². The molecule has 0 bridgehead atoms. The van der Waals surface area contributed by atoms with Crippen molar-refractivity contribution in [2.45, 2.75) is 32.9 Å². The summed E-state index contributed by atoms with van der Waals surface area (Å²) in [6.07, 6.45) is 2.14. The molecule has 9 heteroatoms. The van der Waals surface area contributed by atoms with Crippen LogP contribution in [-0.2, 0) is 16.1 Å². The standard InChI is InChI=1S/C25H23N3O5S/c1-4-14(2)28-24(32)19(21(29)26-25(28)34)12-15-9-10-20(33-3)16(11-15)13-27-22(30)17-7-5-6-8-18(17)23(27)31/h5-12,14H,4,13H2,1-3H3,(H,26,29,34)/b19-12+/t14-/m0/s1. The van der Waals surface area contributed by atoms with Gasteiger partial charge in [0.1, 0.15) is 11.3 Å². The molecule has 174 valence electrons. The van der Waals surface area contributed by atoms with Gasteiger partial charge >= 0.3 is 0 Å². The zero-order valence-electron chi connectivity index (χ0n) is 19.0. The molecule has 1 atom stereocenters. The maximum atomic E-state index is 13.0. The molecule has 2 aromatic carbocycles. The maximum Gasteiger partial charge on any atom is 0.265 e. The maximum absolute atomic E-state index is 13.0. The van der Waals surface area contributed by atoms with Crippen molar-refractivity contribution < 1.29 is 23.9 Å². The van der Waals surface area contributed by atoms with Crippen LogP contribution in [0.5, 0.6) is 5.75 Å². The third-order valence-corrected chi connectivity index (χ3v) is 6.29. The van der Waals surface area contributed by atoms with E-state index in [4.69, 9.17) is 17.0 Å². The second-order valence-electron chi connectivity index (χ2n) is 8.06. The van der Waals surface area contributed by atoms with Crippen molar-refractivity contribution in [3.8, 4) is 5.75 Å². The van der Waals surface area contributed by atoms with E-state index in [9.17, 15) is 19.2 Å². The number of rotatable bonds is 6. The summed E-state index contributed by atoms with van der Waals surface area (Å²) in [6, 6.07) is 11.5. The molecule has 34 heavy (non-hydrogen) atoms. The van der Waals surface area contributed by atoms with Gasteiger partial charge in [-0.15, -0.1) is 0 Å². The lowest BCUT2D eigenvalue weighted by Crippen LogP contribution is -2.56. The molecule has 0 radical (unpaired) electrons. The van der Waals surface area contributed by atoms with E-state index in [1.807, 2.05) is 13.8 Å². The summed E-state index contributed by atoms with van der Waals surface area (Å²) in [6.45, 7) is 3.76. The number of imide groups is 1. The van der Waals surface area contributed by atoms with Crippen LogP contribution in [0.25, 0.3) is 6.08 Å². The molecular formula is C25H23N3O5S. The van der Waals surface area contributed by atoms with E-state index in [-0.39, 0.29) is 35.1 Å². The van der Waals surface area contributed by atoms with Crippen molar-refractivity contribution >= 4 is 47.0 Å². The van der Waals surface area contributed by atoms with Crippen molar-refractivity contribution in [3.05, 3.63) is 70.3 Å². The van der Waals surface area contributed by atoms with Crippen LogP contribution >= 0.6 is 12.2 Å². The van der Waals surface area contributed by atoms with E-state index in [2.05, 4.69) is 5.32 Å². The van der Waals surface area contributed by atoms with Crippen LogP contribution in [-0.4, -0.2) is 51.7 Å². The Bertz CT molecular complexity index is 1230. The molecule has 0 aromatic heterocycles. The van der Waals surface area contributed by atoms with Gasteiger partial charge in [0.05, 0.1) is 24.8 Å². The van der Waals surface area contributed by atoms with Gasteiger partial charge in [-0.05, 0) is 61.5 Å². The molecular weight excluding hydrogens is 454 g/mol. The lowest BCUT2D eigenvalue weighted by atomic mass is 10.0. The predicted octanol–water partition coefficient (Wildman–Crippen LogP) is 2.92. The minimum absolute atomic E-state index is 0.0181. The van der Waals surface area contributed by atoms with Crippen LogP contribution in [0.4, 0.5) is 0 Å². The number of carbonyl (C=O) groups excluding carboxylic acids is 4. The number of methoxy groups -OCH3 is 1. The number of amides is 4. The summed E-state index contributed by atoms with van der Waals surface area (Å²) in [4.78, 5) is 53.7. The van der Waals surface area contributed by atoms with E-state index >= 15 is 0 Å². The molecule has 1 fully saturated rings. The van der Waals surface area contributed by atoms with Crippen LogP contribution in [0.1, 0.15) is 52.1 Å². The molecule has 1 N–H and O–H groups in total. The fourth-order valence-corrected chi connectivity index (χ4v) is 4.34. The Morgan fingerprint density at radius 3 is 2.26 bits per heavy atom. The van der Waals surface area contributed by atoms with Gasteiger partial charge in [0, 0.05) is 11.6 Å². The number of fused-ring (bicyclic) bond motifs is 1. The Morgan fingerprint density at radius 1 is 1.03 bits per heavy atom. The summed E-state index contributed by atoms with van der Waals surface area (Å²) < 4.78 is 5.43. The third kappa shape index (κ3) is 3.99. The largest absolute Gasteiger partial charge is 0.496 e. The van der Waals surface area contributed by atoms with E-state index < -0.39 is 11.8 Å². The van der Waals surface area contributed by atoms with E-state index in [0.717, 1.165) is 4.90 Å². The molecule has 8 nitrogen and oxygen atoms in total. The molecule has 0 spiro atoms. The molecule has 2 aromatic rings. The van der Waals surface area contributed by atoms with Gasteiger partial charge in [0.2, 0.25) is 0 Å². The Hall–Kier alpha value is -3.85. The SMILES string of the molecule is CC[C@H](C)N1C(=O)/C(=C/c2ccc(OC)c(CN3C(=O)c4ccccc4C3=O)c2)C(=O)NC1=S. The van der Waals surface area contributed by atoms with Crippen LogP contribution in [0.3, 0.4) is 0 Å². The Labute approximate surface area is 202 Å². The van der Waals surface area contributed by atoms with E-state index in [1.165, 1.54) is 18.1 Å². The van der Waals surface area contributed by atoms with Crippen molar-refractivity contribution in [1.82, 2.24) is 15.1 Å². The molecule has 2 aliphatic rings. The molecule has 2 aliphatic heterocycles. The normalized spacial score (nSPS) is 17.9. The highest BCUT2D eigenvalue weighted by molar-refractivity contribution is 7.80. The number of hydrogen-bond donors (Lipinski definition) is 1. The minimum Gasteiger partial charge on any atom is -0.496 e. The fraction of sp³-hybridized carbons (Fsp3) is 0.240. The number of ether oxygens (including phenoxy) is 1. The van der Waals surface area contributed by atoms with Crippen molar-refractivity contribution in [2.75, 3.05) is 7.11 Å². The van der Waals surface area contributed by atoms with Crippen molar-refractivity contribution in [3.63, 3.8) is 0 Å². The molecule has 1 saturated heterocycles. The van der Waals surface area contributed by atoms with Gasteiger partial charge in [0.15, 0.2) is 5.11 Å². The smallest absolute Gasteiger partial charge is 0.265 e. The highest BCUT2D eigenvalue weighted by Gasteiger charge is 2.37. The van der Waals surface area contributed by atoms with Crippen molar-refractivity contribution in [2.24, 2.45) is 0 Å². The highest BCUT2D eigenvalue weighted by atomic mass is 32.1. The Morgan fingerprint density at radius 2 is 1.68 bits per heavy atom. The average molecular weight is 478 g/mol. The average Bonchev–Trinajstić information content (AvgIpc) is 3.06. The quantitative estimate of drug-likeness (QED) is 0.298. The third-order valence-electron chi connectivity index (χ3n) is 5.99. The monoisotopic (exact) mass is 477 g/mol. The first-order chi connectivity index (χ1) is 16.3. The van der Waals surface area contributed by atoms with Crippen LogP contribution in [0.2, 0.25) is 0 Å². The van der Waals surface area contributed by atoms with Gasteiger partial charge in [-0.2, -0.15) is 0 Å². The number of benzene rings is 2. The topological polar surface area (TPSA) is 96.0 Å². The number of nitrogens with one attached hydrogen (secondary N) is 1. The summed E-state index contributed by atoms with van der Waals surface area (Å²) in [7, 11) is 1.49. The molecule has 0 aliphatic carbocycles. The number of thiocarbonyl (C=S) groups is 1. The molecule has 0 saturated carbocycles. The highest BCUT2D eigenvalue weighted by Crippen LogP contribution is 2.29. The molecule has 4 amide bonds. The van der Waals surface area contributed by atoms with Gasteiger partial charge in [-0.3, -0.25) is 34.3 Å². The first-order valence-corrected chi connectivity index (χ1v) is 11.2. The second kappa shape index (κ2) is 9.18. The zero-order chi connectivity index (χ0) is 24.6. The number of hydrogen-bond acceptors (Lipinski definition) is 6. The minimum atomic E-state index is -0.577. The van der Waals surface area contributed by atoms with Gasteiger partial charge in [-0.25, -0.2) is 0 Å². The predicted molar refractivity (Wildman–Crippen MR) is 129 cm³/mol. The summed E-state index contributed by atoms with van der Waals surface area (Å²) >= 11 is 5.19.